The van der Waals surface area contributed by atoms with Crippen molar-refractivity contribution in [2.24, 2.45) is 4.99 Å². The number of rotatable bonds is 6. The molecule has 1 N–H and O–H groups in total. The summed E-state index contributed by atoms with van der Waals surface area (Å²) in [5.74, 6) is 0. The Labute approximate surface area is 151 Å². The summed E-state index contributed by atoms with van der Waals surface area (Å²) in [5, 5.41) is 14.6. The predicted molar refractivity (Wildman–Crippen MR) is 106 cm³/mol. The van der Waals surface area contributed by atoms with Crippen molar-refractivity contribution in [3.8, 4) is 0 Å². The molecule has 0 aliphatic carbocycles. The summed E-state index contributed by atoms with van der Waals surface area (Å²) in [7, 11) is 0. The quantitative estimate of drug-likeness (QED) is 0.367. The summed E-state index contributed by atoms with van der Waals surface area (Å²) in [6.45, 7) is 0. The number of allylic oxidation sites excluding steroid dienone is 1. The van der Waals surface area contributed by atoms with Gasteiger partial charge >= 0.3 is 0 Å². The molecule has 0 aliphatic rings. The highest BCUT2D eigenvalue weighted by Crippen LogP contribution is 2.26. The lowest BCUT2D eigenvalue weighted by atomic mass is 10.1. The zero-order chi connectivity index (χ0) is 18.2. The summed E-state index contributed by atoms with van der Waals surface area (Å²) < 4.78 is 0. The molecule has 5 heteroatoms. The Morgan fingerprint density at radius 1 is 0.885 bits per heavy atom. The van der Waals surface area contributed by atoms with Crippen molar-refractivity contribution in [3.05, 3.63) is 107 Å². The molecule has 5 nitrogen and oxygen atoms in total. The first-order chi connectivity index (χ1) is 12.7. The van der Waals surface area contributed by atoms with E-state index in [1.54, 1.807) is 30.5 Å². The molecule has 0 unspecified atom stereocenters. The van der Waals surface area contributed by atoms with Gasteiger partial charge in [0, 0.05) is 18.0 Å². The van der Waals surface area contributed by atoms with Crippen LogP contribution in [0.2, 0.25) is 0 Å². The Balaban J connectivity index is 1.98. The van der Waals surface area contributed by atoms with E-state index < -0.39 is 0 Å². The monoisotopic (exact) mass is 343 g/mol. The number of hydrogen-bond acceptors (Lipinski definition) is 4. The second kappa shape index (κ2) is 8.39. The zero-order valence-corrected chi connectivity index (χ0v) is 13.9. The average molecular weight is 343 g/mol. The summed E-state index contributed by atoms with van der Waals surface area (Å²) in [6, 6.07) is 25.7. The fraction of sp³-hybridized carbons (Fsp3) is 0. The molecule has 0 spiro atoms. The molecule has 3 rings (SSSR count). The number of nitrogens with zero attached hydrogens (tertiary/aromatic N) is 2. The molecule has 0 saturated heterocycles. The van der Waals surface area contributed by atoms with Gasteiger partial charge in [0.2, 0.25) is 0 Å². The summed E-state index contributed by atoms with van der Waals surface area (Å²) >= 11 is 0. The van der Waals surface area contributed by atoms with E-state index >= 15 is 0 Å². The van der Waals surface area contributed by atoms with E-state index in [2.05, 4.69) is 10.3 Å². The molecule has 128 valence electrons. The maximum atomic E-state index is 11.4. The van der Waals surface area contributed by atoms with Crippen LogP contribution in [0.15, 0.2) is 96.0 Å². The minimum atomic E-state index is -0.385. The minimum absolute atomic E-state index is 0.0373. The smallest absolute Gasteiger partial charge is 0.278 e. The molecule has 3 aromatic carbocycles. The Bertz CT molecular complexity index is 936. The van der Waals surface area contributed by atoms with Crippen molar-refractivity contribution in [1.29, 1.82) is 0 Å². The molecule has 0 bridgehead atoms. The van der Waals surface area contributed by atoms with Crippen LogP contribution in [-0.2, 0) is 0 Å². The number of benzene rings is 3. The lowest BCUT2D eigenvalue weighted by Crippen LogP contribution is -2.03. The second-order valence-corrected chi connectivity index (χ2v) is 5.46. The van der Waals surface area contributed by atoms with E-state index in [-0.39, 0.29) is 10.6 Å². The Morgan fingerprint density at radius 3 is 2.19 bits per heavy atom. The molecule has 3 aromatic rings. The lowest BCUT2D eigenvalue weighted by Gasteiger charge is -2.11. The van der Waals surface area contributed by atoms with Gasteiger partial charge in [-0.2, -0.15) is 0 Å². The predicted octanol–water partition coefficient (Wildman–Crippen LogP) is 5.45. The van der Waals surface area contributed by atoms with Gasteiger partial charge in [-0.3, -0.25) is 15.1 Å². The summed E-state index contributed by atoms with van der Waals surface area (Å²) in [4.78, 5) is 15.4. The van der Waals surface area contributed by atoms with Crippen LogP contribution in [0.1, 0.15) is 5.56 Å². The molecule has 0 atom stereocenters. The zero-order valence-electron chi connectivity index (χ0n) is 13.9. The van der Waals surface area contributed by atoms with Crippen LogP contribution in [0, 0.1) is 10.1 Å². The molecule has 0 amide bonds. The fourth-order valence-corrected chi connectivity index (χ4v) is 2.45. The molecule has 0 heterocycles. The molecular weight excluding hydrogens is 326 g/mol. The van der Waals surface area contributed by atoms with E-state index in [9.17, 15) is 10.1 Å². The Hall–Kier alpha value is -3.73. The van der Waals surface area contributed by atoms with E-state index in [4.69, 9.17) is 0 Å². The van der Waals surface area contributed by atoms with E-state index in [0.29, 0.717) is 11.3 Å². The number of para-hydroxylation sites is 3. The Kier molecular flexibility index (Phi) is 5.52. The van der Waals surface area contributed by atoms with Crippen molar-refractivity contribution in [3.63, 3.8) is 0 Å². The normalized spacial score (nSPS) is 11.5. The Morgan fingerprint density at radius 2 is 1.50 bits per heavy atom. The van der Waals surface area contributed by atoms with Crippen LogP contribution in [-0.4, -0.2) is 11.1 Å². The van der Waals surface area contributed by atoms with E-state index in [1.807, 2.05) is 60.7 Å². The van der Waals surface area contributed by atoms with Gasteiger partial charge < -0.3 is 5.32 Å². The second-order valence-electron chi connectivity index (χ2n) is 5.46. The third-order valence-corrected chi connectivity index (χ3v) is 3.66. The first-order valence-corrected chi connectivity index (χ1v) is 8.09. The van der Waals surface area contributed by atoms with Gasteiger partial charge in [-0.1, -0.05) is 48.5 Å². The third kappa shape index (κ3) is 4.42. The molecule has 0 fully saturated rings. The number of nitro groups is 1. The van der Waals surface area contributed by atoms with Crippen LogP contribution < -0.4 is 5.32 Å². The maximum Gasteiger partial charge on any atom is 0.278 e. The number of nitro benzene ring substituents is 1. The SMILES string of the molecule is O=[N+]([O-])c1ccccc1/C(=C/C=Nc1ccccc1)Nc1ccccc1. The van der Waals surface area contributed by atoms with Gasteiger partial charge in [0.15, 0.2) is 0 Å². The molecule has 0 aliphatic heterocycles. The summed E-state index contributed by atoms with van der Waals surface area (Å²) in [5.41, 5.74) is 2.79. The highest BCUT2D eigenvalue weighted by atomic mass is 16.6. The standard InChI is InChI=1S/C21H17N3O2/c25-24(26)21-14-8-7-13-19(21)20(23-18-11-5-2-6-12-18)15-16-22-17-9-3-1-4-10-17/h1-16,23H/b20-15-,22-16?. The van der Waals surface area contributed by atoms with Gasteiger partial charge in [-0.05, 0) is 36.4 Å². The van der Waals surface area contributed by atoms with Gasteiger partial charge in [0.05, 0.1) is 21.9 Å². The highest BCUT2D eigenvalue weighted by Gasteiger charge is 2.16. The first kappa shape index (κ1) is 17.1. The topological polar surface area (TPSA) is 67.5 Å². The van der Waals surface area contributed by atoms with Crippen molar-refractivity contribution in [1.82, 2.24) is 0 Å². The van der Waals surface area contributed by atoms with Crippen molar-refractivity contribution in [2.75, 3.05) is 5.32 Å². The average Bonchev–Trinajstić information content (AvgIpc) is 2.69. The molecule has 0 saturated carbocycles. The van der Waals surface area contributed by atoms with E-state index in [0.717, 1.165) is 11.4 Å². The maximum absolute atomic E-state index is 11.4. The van der Waals surface area contributed by atoms with Gasteiger partial charge in [-0.15, -0.1) is 0 Å². The number of hydrogen-bond donors (Lipinski definition) is 1. The van der Waals surface area contributed by atoms with Crippen LogP contribution >= 0.6 is 0 Å². The number of aliphatic imine (C=N–C) groups is 1. The van der Waals surface area contributed by atoms with Gasteiger partial charge in [0.25, 0.3) is 5.69 Å². The molecule has 26 heavy (non-hydrogen) atoms. The van der Waals surface area contributed by atoms with Gasteiger partial charge in [0.1, 0.15) is 0 Å². The van der Waals surface area contributed by atoms with Crippen LogP contribution in [0.5, 0.6) is 0 Å². The third-order valence-electron chi connectivity index (χ3n) is 3.66. The van der Waals surface area contributed by atoms with Crippen LogP contribution in [0.3, 0.4) is 0 Å². The molecule has 0 radical (unpaired) electrons. The minimum Gasteiger partial charge on any atom is -0.355 e. The fourth-order valence-electron chi connectivity index (χ4n) is 2.45. The van der Waals surface area contributed by atoms with Crippen LogP contribution in [0.4, 0.5) is 17.1 Å². The number of anilines is 1. The first-order valence-electron chi connectivity index (χ1n) is 8.09. The van der Waals surface area contributed by atoms with Crippen molar-refractivity contribution < 1.29 is 4.92 Å². The summed E-state index contributed by atoms with van der Waals surface area (Å²) in [6.07, 6.45) is 3.37. The number of nitrogens with one attached hydrogen (secondary N) is 1. The lowest BCUT2D eigenvalue weighted by molar-refractivity contribution is -0.385. The van der Waals surface area contributed by atoms with E-state index in [1.165, 1.54) is 6.07 Å². The molecule has 0 aromatic heterocycles. The van der Waals surface area contributed by atoms with Crippen molar-refractivity contribution in [2.45, 2.75) is 0 Å². The van der Waals surface area contributed by atoms with Gasteiger partial charge in [-0.25, -0.2) is 0 Å². The van der Waals surface area contributed by atoms with Crippen molar-refractivity contribution >= 4 is 29.0 Å². The molecular formula is C21H17N3O2. The highest BCUT2D eigenvalue weighted by molar-refractivity contribution is 5.92. The largest absolute Gasteiger partial charge is 0.355 e. The van der Waals surface area contributed by atoms with Crippen LogP contribution in [0.25, 0.3) is 5.70 Å².